The average Bonchev–Trinajstić information content (AvgIpc) is 3.67. The molecule has 1 fully saturated rings. The predicted molar refractivity (Wildman–Crippen MR) is 202 cm³/mol. The number of aliphatic hydroxyl groups is 1. The van der Waals surface area contributed by atoms with Crippen LogP contribution in [-0.4, -0.2) is 49.3 Å². The van der Waals surface area contributed by atoms with Gasteiger partial charge in [-0.25, -0.2) is 0 Å². The van der Waals surface area contributed by atoms with Gasteiger partial charge in [0.1, 0.15) is 12.2 Å². The summed E-state index contributed by atoms with van der Waals surface area (Å²) in [5, 5.41) is 15.4. The normalized spacial score (nSPS) is 16.5. The molecular formula is C42H42N3O4P. The van der Waals surface area contributed by atoms with Crippen molar-refractivity contribution in [1.82, 2.24) is 5.32 Å². The highest BCUT2D eigenvalue weighted by atomic mass is 31.1. The number of rotatable bonds is 14. The maximum Gasteiger partial charge on any atom is 0.252 e. The molecule has 0 unspecified atom stereocenters. The Morgan fingerprint density at radius 1 is 0.800 bits per heavy atom. The molecule has 5 aromatic rings. The lowest BCUT2D eigenvalue weighted by Gasteiger charge is -2.34. The van der Waals surface area contributed by atoms with Crippen LogP contribution in [0.1, 0.15) is 35.7 Å². The first kappa shape index (κ1) is 33.7. The molecule has 1 saturated heterocycles. The SMILES string of the molecule is O=C(CCCc1ccc(N2C(=O)[C@@H]3Cc4ccccc4N3[C@H]2c2ccccc2P(c2ccccc2)c2ccccc2)cc1)NCCOCCO. The summed E-state index contributed by atoms with van der Waals surface area (Å²) in [7, 11) is -0.909. The zero-order valence-corrected chi connectivity index (χ0v) is 28.9. The van der Waals surface area contributed by atoms with E-state index in [1.807, 2.05) is 4.90 Å². The number of benzene rings is 5. The molecule has 5 aromatic carbocycles. The molecule has 0 bridgehead atoms. The number of ether oxygens (including phenoxy) is 1. The number of aryl methyl sites for hydroxylation is 1. The Morgan fingerprint density at radius 3 is 2.18 bits per heavy atom. The molecule has 0 saturated carbocycles. The van der Waals surface area contributed by atoms with Gasteiger partial charge in [0.2, 0.25) is 5.91 Å². The van der Waals surface area contributed by atoms with E-state index in [0.29, 0.717) is 26.0 Å². The molecule has 0 aromatic heterocycles. The number of anilines is 2. The third kappa shape index (κ3) is 7.08. The van der Waals surface area contributed by atoms with Crippen LogP contribution in [0.4, 0.5) is 11.4 Å². The van der Waals surface area contributed by atoms with Crippen molar-refractivity contribution in [3.05, 3.63) is 150 Å². The van der Waals surface area contributed by atoms with E-state index in [0.717, 1.165) is 35.3 Å². The highest BCUT2D eigenvalue weighted by Gasteiger charge is 2.52. The highest BCUT2D eigenvalue weighted by molar-refractivity contribution is 7.79. The molecule has 8 heteroatoms. The summed E-state index contributed by atoms with van der Waals surface area (Å²) in [5.41, 5.74) is 5.45. The fraction of sp³-hybridized carbons (Fsp3) is 0.238. The first-order chi connectivity index (χ1) is 24.6. The van der Waals surface area contributed by atoms with E-state index in [1.165, 1.54) is 21.5 Å². The highest BCUT2D eigenvalue weighted by Crippen LogP contribution is 2.48. The van der Waals surface area contributed by atoms with Crippen molar-refractivity contribution < 1.29 is 19.4 Å². The molecule has 2 N–H and O–H groups in total. The summed E-state index contributed by atoms with van der Waals surface area (Å²) in [6, 6.07) is 46.6. The number of nitrogens with zero attached hydrogens (tertiary/aromatic N) is 2. The van der Waals surface area contributed by atoms with Crippen molar-refractivity contribution in [1.29, 1.82) is 0 Å². The molecule has 2 aliphatic rings. The van der Waals surface area contributed by atoms with Crippen LogP contribution in [0.15, 0.2) is 133 Å². The van der Waals surface area contributed by atoms with Crippen molar-refractivity contribution in [3.63, 3.8) is 0 Å². The van der Waals surface area contributed by atoms with Gasteiger partial charge in [0.05, 0.1) is 19.8 Å². The number of hydrogen-bond donors (Lipinski definition) is 2. The summed E-state index contributed by atoms with van der Waals surface area (Å²) in [6.07, 6.45) is 2.27. The Labute approximate surface area is 295 Å². The number of fused-ring (bicyclic) bond motifs is 3. The van der Waals surface area contributed by atoms with Crippen molar-refractivity contribution in [2.75, 3.05) is 36.2 Å². The Kier molecular flexibility index (Phi) is 10.7. The van der Waals surface area contributed by atoms with Crippen LogP contribution < -0.4 is 31.0 Å². The first-order valence-electron chi connectivity index (χ1n) is 17.4. The molecular weight excluding hydrogens is 641 g/mol. The fourth-order valence-electron chi connectivity index (χ4n) is 7.17. The van der Waals surface area contributed by atoms with E-state index in [9.17, 15) is 9.59 Å². The molecule has 2 amide bonds. The quantitative estimate of drug-likeness (QED) is 0.122. The second-order valence-corrected chi connectivity index (χ2v) is 14.8. The molecule has 50 heavy (non-hydrogen) atoms. The van der Waals surface area contributed by atoms with Crippen molar-refractivity contribution in [2.24, 2.45) is 0 Å². The third-order valence-electron chi connectivity index (χ3n) is 9.42. The standard InChI is InChI=1S/C42H42N3O4P/c46-27-29-49-28-26-43-40(47)21-11-12-31-22-24-33(25-23-31)44-41(45-37-19-9-7-13-32(37)30-38(45)42(44)48)36-18-8-10-20-39(36)50(34-14-3-1-4-15-34)35-16-5-2-6-17-35/h1-10,13-20,22-25,38,41,46H,11-12,21,26-30H2,(H,43,47)/t38-,41-/m0/s1. The molecule has 7 rings (SSSR count). The van der Waals surface area contributed by atoms with Crippen molar-refractivity contribution in [3.8, 4) is 0 Å². The van der Waals surface area contributed by atoms with E-state index in [-0.39, 0.29) is 37.2 Å². The Hall–Kier alpha value is -4.81. The van der Waals surface area contributed by atoms with Crippen LogP contribution in [0.2, 0.25) is 0 Å². The number of carbonyl (C=O) groups excluding carboxylic acids is 2. The number of carbonyl (C=O) groups is 2. The van der Waals surface area contributed by atoms with Gasteiger partial charge in [-0.15, -0.1) is 0 Å². The molecule has 7 nitrogen and oxygen atoms in total. The van der Waals surface area contributed by atoms with Crippen LogP contribution in [0.25, 0.3) is 0 Å². The maximum absolute atomic E-state index is 14.6. The summed E-state index contributed by atoms with van der Waals surface area (Å²) in [5.74, 6) is 0.0994. The summed E-state index contributed by atoms with van der Waals surface area (Å²) in [4.78, 5) is 31.2. The molecule has 254 valence electrons. The van der Waals surface area contributed by atoms with Gasteiger partial charge in [-0.05, 0) is 66.0 Å². The van der Waals surface area contributed by atoms with Crippen LogP contribution in [0.3, 0.4) is 0 Å². The van der Waals surface area contributed by atoms with E-state index in [4.69, 9.17) is 9.84 Å². The number of para-hydroxylation sites is 1. The second-order valence-electron chi connectivity index (χ2n) is 12.6. The Morgan fingerprint density at radius 2 is 1.46 bits per heavy atom. The zero-order chi connectivity index (χ0) is 34.3. The third-order valence-corrected chi connectivity index (χ3v) is 11.9. The van der Waals surface area contributed by atoms with Gasteiger partial charge in [-0.2, -0.15) is 0 Å². The molecule has 2 atom stereocenters. The average molecular weight is 684 g/mol. The second kappa shape index (κ2) is 15.8. The Balaban J connectivity index is 1.20. The summed E-state index contributed by atoms with van der Waals surface area (Å²) >= 11 is 0. The lowest BCUT2D eigenvalue weighted by atomic mass is 10.1. The van der Waals surface area contributed by atoms with Gasteiger partial charge in [0.25, 0.3) is 5.91 Å². The van der Waals surface area contributed by atoms with Crippen LogP contribution >= 0.6 is 7.92 Å². The monoisotopic (exact) mass is 683 g/mol. The van der Waals surface area contributed by atoms with Gasteiger partial charge >= 0.3 is 0 Å². The van der Waals surface area contributed by atoms with Gasteiger partial charge in [0.15, 0.2) is 0 Å². The van der Waals surface area contributed by atoms with Crippen molar-refractivity contribution in [2.45, 2.75) is 37.9 Å². The molecule has 2 aliphatic heterocycles. The zero-order valence-electron chi connectivity index (χ0n) is 28.0. The summed E-state index contributed by atoms with van der Waals surface area (Å²) < 4.78 is 5.21. The predicted octanol–water partition coefficient (Wildman–Crippen LogP) is 5.37. The largest absolute Gasteiger partial charge is 0.394 e. The Bertz CT molecular complexity index is 1860. The number of hydrogen-bond acceptors (Lipinski definition) is 5. The first-order valence-corrected chi connectivity index (χ1v) is 18.7. The van der Waals surface area contributed by atoms with Gasteiger partial charge in [-0.3, -0.25) is 14.5 Å². The van der Waals surface area contributed by atoms with Crippen LogP contribution in [-0.2, 0) is 27.2 Å². The van der Waals surface area contributed by atoms with Crippen LogP contribution in [0.5, 0.6) is 0 Å². The topological polar surface area (TPSA) is 82.1 Å². The fourth-order valence-corrected chi connectivity index (χ4v) is 9.64. The molecule has 2 heterocycles. The number of amides is 2. The van der Waals surface area contributed by atoms with Gasteiger partial charge in [0, 0.05) is 36.3 Å². The lowest BCUT2D eigenvalue weighted by molar-refractivity contribution is -0.121. The molecule has 0 radical (unpaired) electrons. The minimum absolute atomic E-state index is 0.00905. The van der Waals surface area contributed by atoms with E-state index >= 15 is 0 Å². The maximum atomic E-state index is 14.6. The smallest absolute Gasteiger partial charge is 0.252 e. The van der Waals surface area contributed by atoms with Crippen LogP contribution in [0, 0.1) is 0 Å². The molecule has 0 spiro atoms. The number of nitrogens with one attached hydrogen (secondary N) is 1. The van der Waals surface area contributed by atoms with Gasteiger partial charge in [-0.1, -0.05) is 115 Å². The minimum atomic E-state index is -0.909. The number of aliphatic hydroxyl groups excluding tert-OH is 1. The minimum Gasteiger partial charge on any atom is -0.394 e. The van der Waals surface area contributed by atoms with E-state index < -0.39 is 7.92 Å². The van der Waals surface area contributed by atoms with E-state index in [1.54, 1.807) is 0 Å². The van der Waals surface area contributed by atoms with E-state index in [2.05, 4.69) is 144 Å². The summed E-state index contributed by atoms with van der Waals surface area (Å²) in [6.45, 7) is 1.07. The molecule has 0 aliphatic carbocycles. The lowest BCUT2D eigenvalue weighted by Crippen LogP contribution is -2.36. The van der Waals surface area contributed by atoms with Crippen molar-refractivity contribution >= 4 is 47.0 Å². The van der Waals surface area contributed by atoms with Gasteiger partial charge < -0.3 is 20.1 Å².